The molecule has 0 atom stereocenters. The van der Waals surface area contributed by atoms with Crippen molar-refractivity contribution in [3.8, 4) is 0 Å². The molecule has 0 aliphatic rings. The molecule has 100 valence electrons. The summed E-state index contributed by atoms with van der Waals surface area (Å²) in [5.41, 5.74) is 2.54. The fraction of sp³-hybridized carbons (Fsp3) is 0.308. The van der Waals surface area contributed by atoms with Crippen molar-refractivity contribution in [2.75, 3.05) is 6.61 Å². The van der Waals surface area contributed by atoms with Crippen LogP contribution in [-0.2, 0) is 13.0 Å². The Morgan fingerprint density at radius 3 is 2.84 bits per heavy atom. The molecule has 0 radical (unpaired) electrons. The van der Waals surface area contributed by atoms with Gasteiger partial charge >= 0.3 is 5.97 Å². The Morgan fingerprint density at radius 1 is 1.42 bits per heavy atom. The van der Waals surface area contributed by atoms with Gasteiger partial charge in [-0.05, 0) is 12.5 Å². The summed E-state index contributed by atoms with van der Waals surface area (Å²) in [5, 5.41) is 25.5. The summed E-state index contributed by atoms with van der Waals surface area (Å²) in [7, 11) is 0. The van der Waals surface area contributed by atoms with Crippen LogP contribution in [0.25, 0.3) is 0 Å². The minimum Gasteiger partial charge on any atom is -0.476 e. The Labute approximate surface area is 110 Å². The number of aliphatic hydroxyl groups is 1. The zero-order chi connectivity index (χ0) is 13.8. The topological polar surface area (TPSA) is 88.2 Å². The van der Waals surface area contributed by atoms with Crippen LogP contribution in [0.4, 0.5) is 0 Å². The summed E-state index contributed by atoms with van der Waals surface area (Å²) in [6, 6.07) is 7.81. The van der Waals surface area contributed by atoms with Crippen LogP contribution in [-0.4, -0.2) is 37.8 Å². The molecular weight excluding hydrogens is 246 g/mol. The predicted molar refractivity (Wildman–Crippen MR) is 68.1 cm³/mol. The second-order valence-corrected chi connectivity index (χ2v) is 4.30. The van der Waals surface area contributed by atoms with E-state index in [1.165, 1.54) is 4.68 Å². The maximum atomic E-state index is 11.1. The van der Waals surface area contributed by atoms with Crippen LogP contribution in [0.2, 0.25) is 0 Å². The third kappa shape index (κ3) is 2.97. The van der Waals surface area contributed by atoms with Crippen LogP contribution >= 0.6 is 0 Å². The van der Waals surface area contributed by atoms with Crippen LogP contribution < -0.4 is 0 Å². The van der Waals surface area contributed by atoms with Crippen molar-refractivity contribution in [1.29, 1.82) is 0 Å². The molecule has 6 nitrogen and oxygen atoms in total. The molecule has 19 heavy (non-hydrogen) atoms. The van der Waals surface area contributed by atoms with E-state index >= 15 is 0 Å². The number of carbonyl (C=O) groups is 1. The number of hydrogen-bond donors (Lipinski definition) is 2. The van der Waals surface area contributed by atoms with Crippen LogP contribution in [0.3, 0.4) is 0 Å². The molecule has 0 amide bonds. The molecular formula is C13H15N3O3. The van der Waals surface area contributed by atoms with Gasteiger partial charge in [-0.25, -0.2) is 9.48 Å². The standard InChI is InChI=1S/C13H15N3O3/c1-9-3-2-4-10(7-9)8-11-12(13(18)19)14-15-16(11)5-6-17/h2-4,7,17H,5-6,8H2,1H3,(H,18,19). The molecule has 2 rings (SSSR count). The molecule has 0 fully saturated rings. The number of aromatic carboxylic acids is 1. The molecule has 0 aliphatic carbocycles. The van der Waals surface area contributed by atoms with E-state index < -0.39 is 5.97 Å². The molecule has 0 saturated carbocycles. The Bertz CT molecular complexity index is 593. The van der Waals surface area contributed by atoms with Crippen LogP contribution in [0.15, 0.2) is 24.3 Å². The number of aromatic nitrogens is 3. The number of hydrogen-bond acceptors (Lipinski definition) is 4. The van der Waals surface area contributed by atoms with Crippen molar-refractivity contribution in [3.63, 3.8) is 0 Å². The molecule has 1 aromatic carbocycles. The highest BCUT2D eigenvalue weighted by Gasteiger charge is 2.18. The molecule has 1 aromatic heterocycles. The lowest BCUT2D eigenvalue weighted by molar-refractivity contribution is 0.0689. The van der Waals surface area contributed by atoms with E-state index in [1.807, 2.05) is 31.2 Å². The van der Waals surface area contributed by atoms with E-state index in [0.29, 0.717) is 12.1 Å². The minimum atomic E-state index is -1.10. The van der Waals surface area contributed by atoms with Crippen molar-refractivity contribution in [3.05, 3.63) is 46.8 Å². The van der Waals surface area contributed by atoms with E-state index in [0.717, 1.165) is 11.1 Å². The molecule has 0 aliphatic heterocycles. The molecule has 6 heteroatoms. The Kier molecular flexibility index (Phi) is 3.91. The average Bonchev–Trinajstić information content (AvgIpc) is 2.73. The number of aliphatic hydroxyl groups excluding tert-OH is 1. The zero-order valence-corrected chi connectivity index (χ0v) is 10.6. The van der Waals surface area contributed by atoms with Crippen LogP contribution in [0.5, 0.6) is 0 Å². The number of aryl methyl sites for hydroxylation is 1. The van der Waals surface area contributed by atoms with Gasteiger partial charge in [0, 0.05) is 6.42 Å². The average molecular weight is 261 g/mol. The summed E-state index contributed by atoms with van der Waals surface area (Å²) in [4.78, 5) is 11.1. The number of rotatable bonds is 5. The van der Waals surface area contributed by atoms with Crippen molar-refractivity contribution >= 4 is 5.97 Å². The molecule has 0 spiro atoms. The van der Waals surface area contributed by atoms with Crippen LogP contribution in [0, 0.1) is 6.92 Å². The van der Waals surface area contributed by atoms with Crippen molar-refractivity contribution in [1.82, 2.24) is 15.0 Å². The van der Waals surface area contributed by atoms with Gasteiger partial charge in [0.25, 0.3) is 0 Å². The highest BCUT2D eigenvalue weighted by Crippen LogP contribution is 2.14. The maximum Gasteiger partial charge on any atom is 0.358 e. The highest BCUT2D eigenvalue weighted by molar-refractivity contribution is 5.86. The normalized spacial score (nSPS) is 10.6. The second kappa shape index (κ2) is 5.62. The fourth-order valence-electron chi connectivity index (χ4n) is 1.96. The van der Waals surface area contributed by atoms with Gasteiger partial charge in [-0.1, -0.05) is 35.0 Å². The zero-order valence-electron chi connectivity index (χ0n) is 10.6. The first-order valence-electron chi connectivity index (χ1n) is 5.94. The van der Waals surface area contributed by atoms with Crippen molar-refractivity contribution in [2.24, 2.45) is 0 Å². The highest BCUT2D eigenvalue weighted by atomic mass is 16.4. The largest absolute Gasteiger partial charge is 0.476 e. The first-order valence-corrected chi connectivity index (χ1v) is 5.94. The monoisotopic (exact) mass is 261 g/mol. The summed E-state index contributed by atoms with van der Waals surface area (Å²) < 4.78 is 1.44. The molecule has 0 saturated heterocycles. The Balaban J connectivity index is 2.36. The van der Waals surface area contributed by atoms with Crippen molar-refractivity contribution in [2.45, 2.75) is 19.9 Å². The smallest absolute Gasteiger partial charge is 0.358 e. The van der Waals surface area contributed by atoms with Gasteiger partial charge in [-0.2, -0.15) is 0 Å². The molecule has 0 bridgehead atoms. The van der Waals surface area contributed by atoms with E-state index in [4.69, 9.17) is 10.2 Å². The molecule has 2 N–H and O–H groups in total. The predicted octanol–water partition coefficient (Wildman–Crippen LogP) is 0.868. The first-order chi connectivity index (χ1) is 9.11. The molecule has 2 aromatic rings. The second-order valence-electron chi connectivity index (χ2n) is 4.30. The lowest BCUT2D eigenvalue weighted by atomic mass is 10.1. The van der Waals surface area contributed by atoms with Gasteiger partial charge in [-0.3, -0.25) is 0 Å². The van der Waals surface area contributed by atoms with Gasteiger partial charge in [0.05, 0.1) is 18.8 Å². The van der Waals surface area contributed by atoms with Gasteiger partial charge in [0.2, 0.25) is 0 Å². The van der Waals surface area contributed by atoms with E-state index in [9.17, 15) is 4.79 Å². The van der Waals surface area contributed by atoms with Gasteiger partial charge in [-0.15, -0.1) is 5.10 Å². The van der Waals surface area contributed by atoms with Crippen molar-refractivity contribution < 1.29 is 15.0 Å². The number of nitrogens with zero attached hydrogens (tertiary/aromatic N) is 3. The lowest BCUT2D eigenvalue weighted by Crippen LogP contribution is -2.11. The SMILES string of the molecule is Cc1cccc(Cc2c(C(=O)O)nnn2CCO)c1. The van der Waals surface area contributed by atoms with Gasteiger partial charge in [0.1, 0.15) is 0 Å². The maximum absolute atomic E-state index is 11.1. The van der Waals surface area contributed by atoms with Gasteiger partial charge in [0.15, 0.2) is 5.69 Å². The minimum absolute atomic E-state index is 0.0602. The first kappa shape index (κ1) is 13.2. The third-order valence-corrected chi connectivity index (χ3v) is 2.81. The third-order valence-electron chi connectivity index (χ3n) is 2.81. The van der Waals surface area contributed by atoms with Gasteiger partial charge < -0.3 is 10.2 Å². The van der Waals surface area contributed by atoms with E-state index in [1.54, 1.807) is 0 Å². The number of benzene rings is 1. The number of carboxylic acid groups (broad SMARTS) is 1. The Hall–Kier alpha value is -2.21. The quantitative estimate of drug-likeness (QED) is 0.833. The Morgan fingerprint density at radius 2 is 2.21 bits per heavy atom. The summed E-state index contributed by atoms with van der Waals surface area (Å²) in [6.45, 7) is 2.11. The molecule has 1 heterocycles. The van der Waals surface area contributed by atoms with E-state index in [-0.39, 0.29) is 18.8 Å². The van der Waals surface area contributed by atoms with E-state index in [2.05, 4.69) is 10.3 Å². The summed E-state index contributed by atoms with van der Waals surface area (Å²) in [6.07, 6.45) is 0.427. The fourth-order valence-corrected chi connectivity index (χ4v) is 1.96. The summed E-state index contributed by atoms with van der Waals surface area (Å²) in [5.74, 6) is -1.10. The molecule has 0 unspecified atom stereocenters. The van der Waals surface area contributed by atoms with Crippen LogP contribution in [0.1, 0.15) is 27.3 Å². The lowest BCUT2D eigenvalue weighted by Gasteiger charge is -2.06. The summed E-state index contributed by atoms with van der Waals surface area (Å²) >= 11 is 0. The number of carboxylic acids is 1.